The van der Waals surface area contributed by atoms with Gasteiger partial charge in [0.25, 0.3) is 11.1 Å². The van der Waals surface area contributed by atoms with Crippen LogP contribution < -0.4 is 4.74 Å². The number of hydrogen-bond donors (Lipinski definition) is 0. The molecule has 0 aliphatic carbocycles. The number of rotatable bonds is 7. The molecule has 3 aromatic rings. The maximum Gasteiger partial charge on any atom is 0.293 e. The number of ether oxygens (including phenoxy) is 1. The fourth-order valence-electron chi connectivity index (χ4n) is 3.15. The van der Waals surface area contributed by atoms with Crippen LogP contribution in [0, 0.1) is 5.82 Å². The summed E-state index contributed by atoms with van der Waals surface area (Å²) in [6.07, 6.45) is 1.54. The maximum absolute atomic E-state index is 13.9. The Morgan fingerprint density at radius 2 is 1.70 bits per heavy atom. The number of nitrogens with zero attached hydrogens (tertiary/aromatic N) is 1. The van der Waals surface area contributed by atoms with E-state index in [9.17, 15) is 18.8 Å². The van der Waals surface area contributed by atoms with Gasteiger partial charge < -0.3 is 4.74 Å². The molecule has 3 aromatic carbocycles. The first-order valence-electron chi connectivity index (χ1n) is 9.92. The summed E-state index contributed by atoms with van der Waals surface area (Å²) < 4.78 is 19.7. The molecule has 4 rings (SSSR count). The summed E-state index contributed by atoms with van der Waals surface area (Å²) in [5.41, 5.74) is 1.31. The summed E-state index contributed by atoms with van der Waals surface area (Å²) in [5.74, 6) is -0.869. The second-order valence-electron chi connectivity index (χ2n) is 7.12. The number of carbonyl (C=O) groups is 3. The zero-order valence-electron chi connectivity index (χ0n) is 17.2. The molecule has 33 heavy (non-hydrogen) atoms. The van der Waals surface area contributed by atoms with Crippen molar-refractivity contribution in [2.24, 2.45) is 0 Å². The third-order valence-electron chi connectivity index (χ3n) is 4.89. The van der Waals surface area contributed by atoms with Gasteiger partial charge in [-0.05, 0) is 54.2 Å². The normalized spacial score (nSPS) is 14.7. The minimum absolute atomic E-state index is 0.00853. The zero-order chi connectivity index (χ0) is 23.4. The lowest BCUT2D eigenvalue weighted by Crippen LogP contribution is -2.33. The lowest BCUT2D eigenvalue weighted by molar-refractivity contribution is -0.122. The molecule has 0 spiro atoms. The minimum atomic E-state index is -0.559. The molecule has 0 bridgehead atoms. The Hall–Kier alpha value is -3.42. The van der Waals surface area contributed by atoms with Crippen molar-refractivity contribution >= 4 is 46.4 Å². The molecule has 1 heterocycles. The first-order chi connectivity index (χ1) is 15.9. The molecule has 2 amide bonds. The Morgan fingerprint density at radius 1 is 1.00 bits per heavy atom. The second-order valence-corrected chi connectivity index (χ2v) is 8.55. The average molecular weight is 482 g/mol. The second kappa shape index (κ2) is 10.0. The van der Waals surface area contributed by atoms with E-state index in [0.717, 1.165) is 16.7 Å². The third kappa shape index (κ3) is 5.32. The molecule has 0 atom stereocenters. The number of carbonyl (C=O) groups excluding carboxylic acids is 3. The number of imide groups is 1. The molecular weight excluding hydrogens is 465 g/mol. The van der Waals surface area contributed by atoms with Crippen LogP contribution in [0.2, 0.25) is 5.02 Å². The summed E-state index contributed by atoms with van der Waals surface area (Å²) in [5, 5.41) is -0.0464. The number of benzene rings is 3. The summed E-state index contributed by atoms with van der Waals surface area (Å²) >= 11 is 6.59. The van der Waals surface area contributed by atoms with Crippen molar-refractivity contribution in [1.29, 1.82) is 0 Å². The van der Waals surface area contributed by atoms with Gasteiger partial charge in [-0.2, -0.15) is 0 Å². The van der Waals surface area contributed by atoms with E-state index in [-0.39, 0.29) is 29.7 Å². The SMILES string of the molecule is O=C(CN1C(=O)S/C(=C/c2ccccc2OCc2ccccc2F)C1=O)c1ccc(Cl)cc1. The van der Waals surface area contributed by atoms with Gasteiger partial charge in [0.1, 0.15) is 18.2 Å². The number of thioether (sulfide) groups is 1. The van der Waals surface area contributed by atoms with Gasteiger partial charge in [-0.1, -0.05) is 48.0 Å². The quantitative estimate of drug-likeness (QED) is 0.307. The number of hydrogen-bond acceptors (Lipinski definition) is 5. The lowest BCUT2D eigenvalue weighted by atomic mass is 10.1. The number of Topliss-reactive ketones (excluding diaryl/α,β-unsaturated/α-hetero) is 1. The summed E-state index contributed by atoms with van der Waals surface area (Å²) in [4.78, 5) is 38.8. The number of para-hydroxylation sites is 1. The van der Waals surface area contributed by atoms with Crippen LogP contribution in [-0.2, 0) is 11.4 Å². The Balaban J connectivity index is 1.50. The molecule has 0 unspecified atom stereocenters. The average Bonchev–Trinajstić information content (AvgIpc) is 3.07. The zero-order valence-corrected chi connectivity index (χ0v) is 18.7. The van der Waals surface area contributed by atoms with Crippen molar-refractivity contribution in [1.82, 2.24) is 4.90 Å². The molecule has 8 heteroatoms. The van der Waals surface area contributed by atoms with E-state index in [0.29, 0.717) is 27.5 Å². The molecule has 1 aliphatic rings. The number of ketones is 1. The van der Waals surface area contributed by atoms with Crippen LogP contribution in [0.5, 0.6) is 5.75 Å². The molecule has 1 fully saturated rings. The van der Waals surface area contributed by atoms with Gasteiger partial charge >= 0.3 is 0 Å². The largest absolute Gasteiger partial charge is 0.488 e. The molecule has 0 aromatic heterocycles. The summed E-state index contributed by atoms with van der Waals surface area (Å²) in [7, 11) is 0. The molecule has 5 nitrogen and oxygen atoms in total. The van der Waals surface area contributed by atoms with Gasteiger partial charge in [-0.15, -0.1) is 0 Å². The first kappa shape index (κ1) is 22.8. The fraction of sp³-hybridized carbons (Fsp3) is 0.0800. The topological polar surface area (TPSA) is 63.7 Å². The highest BCUT2D eigenvalue weighted by atomic mass is 35.5. The first-order valence-corrected chi connectivity index (χ1v) is 11.1. The van der Waals surface area contributed by atoms with Crippen molar-refractivity contribution < 1.29 is 23.5 Å². The van der Waals surface area contributed by atoms with Crippen LogP contribution in [0.4, 0.5) is 9.18 Å². The van der Waals surface area contributed by atoms with E-state index in [4.69, 9.17) is 16.3 Å². The molecule has 1 aliphatic heterocycles. The van der Waals surface area contributed by atoms with Crippen LogP contribution in [0.25, 0.3) is 6.08 Å². The van der Waals surface area contributed by atoms with Crippen molar-refractivity contribution in [3.05, 3.63) is 105 Å². The van der Waals surface area contributed by atoms with E-state index in [1.807, 2.05) is 0 Å². The van der Waals surface area contributed by atoms with Gasteiger partial charge in [-0.25, -0.2) is 4.39 Å². The summed E-state index contributed by atoms with van der Waals surface area (Å²) in [6.45, 7) is -0.357. The van der Waals surface area contributed by atoms with E-state index in [1.165, 1.54) is 12.1 Å². The Morgan fingerprint density at radius 3 is 2.45 bits per heavy atom. The molecule has 166 valence electrons. The van der Waals surface area contributed by atoms with Crippen LogP contribution >= 0.6 is 23.4 Å². The van der Waals surface area contributed by atoms with Gasteiger partial charge in [0.2, 0.25) is 0 Å². The molecule has 1 saturated heterocycles. The fourth-order valence-corrected chi connectivity index (χ4v) is 4.11. The smallest absolute Gasteiger partial charge is 0.293 e. The van der Waals surface area contributed by atoms with Gasteiger partial charge in [0.05, 0.1) is 11.4 Å². The van der Waals surface area contributed by atoms with E-state index in [2.05, 4.69) is 0 Å². The molecular formula is C25H17ClFNO4S. The number of amides is 2. The van der Waals surface area contributed by atoms with E-state index in [1.54, 1.807) is 66.7 Å². The predicted octanol–water partition coefficient (Wildman–Crippen LogP) is 5.98. The molecule has 0 radical (unpaired) electrons. The number of halogens is 2. The van der Waals surface area contributed by atoms with Crippen molar-refractivity contribution in [2.75, 3.05) is 6.54 Å². The standard InChI is InChI=1S/C25H17ClFNO4S/c26-19-11-9-16(10-12-19)21(29)14-28-24(30)23(33-25(28)31)13-17-5-2-4-8-22(17)32-15-18-6-1-3-7-20(18)27/h1-13H,14-15H2/b23-13+. The Labute approximate surface area is 198 Å². The van der Waals surface area contributed by atoms with Crippen LogP contribution in [0.3, 0.4) is 0 Å². The maximum atomic E-state index is 13.9. The minimum Gasteiger partial charge on any atom is -0.488 e. The molecule has 0 saturated carbocycles. The predicted molar refractivity (Wildman–Crippen MR) is 126 cm³/mol. The van der Waals surface area contributed by atoms with Gasteiger partial charge in [0, 0.05) is 21.7 Å². The van der Waals surface area contributed by atoms with Gasteiger partial charge in [0.15, 0.2) is 5.78 Å². The summed E-state index contributed by atoms with van der Waals surface area (Å²) in [6, 6.07) is 19.5. The highest BCUT2D eigenvalue weighted by molar-refractivity contribution is 8.18. The molecule has 0 N–H and O–H groups in total. The lowest BCUT2D eigenvalue weighted by Gasteiger charge is -2.12. The third-order valence-corrected chi connectivity index (χ3v) is 6.05. The highest BCUT2D eigenvalue weighted by Crippen LogP contribution is 2.34. The van der Waals surface area contributed by atoms with Gasteiger partial charge in [-0.3, -0.25) is 19.3 Å². The monoisotopic (exact) mass is 481 g/mol. The highest BCUT2D eigenvalue weighted by Gasteiger charge is 2.36. The van der Waals surface area contributed by atoms with Crippen molar-refractivity contribution in [3.8, 4) is 5.75 Å². The van der Waals surface area contributed by atoms with Crippen LogP contribution in [-0.4, -0.2) is 28.4 Å². The van der Waals surface area contributed by atoms with E-state index >= 15 is 0 Å². The Kier molecular flexibility index (Phi) is 6.91. The van der Waals surface area contributed by atoms with Crippen molar-refractivity contribution in [3.63, 3.8) is 0 Å². The van der Waals surface area contributed by atoms with Crippen LogP contribution in [0.15, 0.2) is 77.7 Å². The van der Waals surface area contributed by atoms with Crippen LogP contribution in [0.1, 0.15) is 21.5 Å². The van der Waals surface area contributed by atoms with Crippen molar-refractivity contribution in [2.45, 2.75) is 6.61 Å². The Bertz CT molecular complexity index is 1260. The van der Waals surface area contributed by atoms with E-state index < -0.39 is 11.1 Å².